The van der Waals surface area contributed by atoms with Gasteiger partial charge in [0, 0.05) is 35.5 Å². The molecule has 1 saturated carbocycles. The smallest absolute Gasteiger partial charge is 0.226 e. The first-order valence-electron chi connectivity index (χ1n) is 7.51. The van der Waals surface area contributed by atoms with Gasteiger partial charge in [-0.1, -0.05) is 17.7 Å². The number of rotatable bonds is 3. The second-order valence-corrected chi connectivity index (χ2v) is 6.42. The van der Waals surface area contributed by atoms with Crippen LogP contribution in [0.3, 0.4) is 0 Å². The second-order valence-electron chi connectivity index (χ2n) is 6.01. The van der Waals surface area contributed by atoms with Gasteiger partial charge in [0.05, 0.1) is 0 Å². The van der Waals surface area contributed by atoms with E-state index in [0.29, 0.717) is 23.0 Å². The first-order chi connectivity index (χ1) is 10.1. The summed E-state index contributed by atoms with van der Waals surface area (Å²) in [5, 5.41) is 3.73. The zero-order valence-corrected chi connectivity index (χ0v) is 12.9. The fourth-order valence-corrected chi connectivity index (χ4v) is 3.59. The van der Waals surface area contributed by atoms with Crippen molar-refractivity contribution >= 4 is 17.5 Å². The third-order valence-corrected chi connectivity index (χ3v) is 5.01. The summed E-state index contributed by atoms with van der Waals surface area (Å²) in [6.45, 7) is 1.91. The van der Waals surface area contributed by atoms with Crippen molar-refractivity contribution in [2.24, 2.45) is 5.92 Å². The molecular weight excluding hydrogens is 291 g/mol. The Kier molecular flexibility index (Phi) is 4.18. The first-order valence-corrected chi connectivity index (χ1v) is 7.88. The minimum absolute atomic E-state index is 0.0598. The number of hydrogen-bond donors (Lipinski definition) is 1. The lowest BCUT2D eigenvalue weighted by atomic mass is 10.0. The number of amides is 1. The van der Waals surface area contributed by atoms with Gasteiger partial charge in [-0.2, -0.15) is 0 Å². The molecule has 1 heterocycles. The maximum Gasteiger partial charge on any atom is 0.226 e. The van der Waals surface area contributed by atoms with Crippen LogP contribution in [0.5, 0.6) is 0 Å². The minimum Gasteiger partial charge on any atom is -0.342 e. The number of halogens is 2. The van der Waals surface area contributed by atoms with Crippen LogP contribution >= 0.6 is 11.6 Å². The summed E-state index contributed by atoms with van der Waals surface area (Å²) in [5.41, 5.74) is 0.510. The average molecular weight is 311 g/mol. The molecule has 21 heavy (non-hydrogen) atoms. The molecule has 1 aliphatic carbocycles. The Balaban J connectivity index is 1.68. The van der Waals surface area contributed by atoms with E-state index in [9.17, 15) is 9.18 Å². The van der Waals surface area contributed by atoms with Gasteiger partial charge < -0.3 is 10.2 Å². The van der Waals surface area contributed by atoms with Crippen molar-refractivity contribution in [1.82, 2.24) is 10.2 Å². The highest BCUT2D eigenvalue weighted by Crippen LogP contribution is 2.51. The molecule has 1 N–H and O–H groups in total. The molecule has 0 bridgehead atoms. The van der Waals surface area contributed by atoms with Gasteiger partial charge in [-0.15, -0.1) is 0 Å². The van der Waals surface area contributed by atoms with Crippen LogP contribution in [0.1, 0.15) is 30.7 Å². The lowest BCUT2D eigenvalue weighted by Gasteiger charge is -2.32. The molecule has 1 aliphatic heterocycles. The summed E-state index contributed by atoms with van der Waals surface area (Å²) in [7, 11) is 1.87. The molecule has 2 atom stereocenters. The molecule has 1 amide bonds. The van der Waals surface area contributed by atoms with Gasteiger partial charge in [0.25, 0.3) is 0 Å². The average Bonchev–Trinajstić information content (AvgIpc) is 3.27. The Morgan fingerprint density at radius 1 is 1.38 bits per heavy atom. The van der Waals surface area contributed by atoms with E-state index in [-0.39, 0.29) is 23.6 Å². The van der Waals surface area contributed by atoms with Crippen molar-refractivity contribution in [2.75, 3.05) is 20.1 Å². The van der Waals surface area contributed by atoms with Crippen LogP contribution in [0.25, 0.3) is 0 Å². The van der Waals surface area contributed by atoms with E-state index in [4.69, 9.17) is 11.6 Å². The number of carbonyl (C=O) groups is 1. The largest absolute Gasteiger partial charge is 0.342 e. The standard InChI is InChI=1S/C16H20ClFN2O/c1-20(10-5-7-19-8-6-10)16(21)12-9-11(12)15-13(17)3-2-4-14(15)18/h2-4,10-12,19H,5-9H2,1H3/t11-,12-/m0/s1. The highest BCUT2D eigenvalue weighted by Gasteiger charge is 2.48. The van der Waals surface area contributed by atoms with Crippen molar-refractivity contribution in [3.8, 4) is 0 Å². The van der Waals surface area contributed by atoms with Crippen LogP contribution in [0.15, 0.2) is 18.2 Å². The molecule has 1 aromatic carbocycles. The molecule has 1 aromatic rings. The normalized spacial score (nSPS) is 25.7. The molecule has 1 saturated heterocycles. The fraction of sp³-hybridized carbons (Fsp3) is 0.562. The molecular formula is C16H20ClFN2O. The van der Waals surface area contributed by atoms with Crippen LogP contribution in [0, 0.1) is 11.7 Å². The Hall–Kier alpha value is -1.13. The van der Waals surface area contributed by atoms with Gasteiger partial charge in [-0.25, -0.2) is 4.39 Å². The van der Waals surface area contributed by atoms with Crippen LogP contribution in [0.4, 0.5) is 4.39 Å². The molecule has 2 fully saturated rings. The van der Waals surface area contributed by atoms with E-state index in [2.05, 4.69) is 5.32 Å². The van der Waals surface area contributed by atoms with Crippen molar-refractivity contribution in [3.05, 3.63) is 34.6 Å². The molecule has 2 aliphatic rings. The van der Waals surface area contributed by atoms with E-state index < -0.39 is 0 Å². The molecule has 0 spiro atoms. The van der Waals surface area contributed by atoms with Gasteiger partial charge in [0.2, 0.25) is 5.91 Å². The van der Waals surface area contributed by atoms with Crippen molar-refractivity contribution < 1.29 is 9.18 Å². The fourth-order valence-electron chi connectivity index (χ4n) is 3.29. The third kappa shape index (κ3) is 2.92. The topological polar surface area (TPSA) is 32.3 Å². The highest BCUT2D eigenvalue weighted by atomic mass is 35.5. The van der Waals surface area contributed by atoms with Gasteiger partial charge >= 0.3 is 0 Å². The third-order valence-electron chi connectivity index (χ3n) is 4.68. The molecule has 0 radical (unpaired) electrons. The van der Waals surface area contributed by atoms with E-state index in [1.54, 1.807) is 12.1 Å². The predicted molar refractivity (Wildman–Crippen MR) is 80.9 cm³/mol. The lowest BCUT2D eigenvalue weighted by Crippen LogP contribution is -2.44. The Morgan fingerprint density at radius 2 is 2.10 bits per heavy atom. The maximum absolute atomic E-state index is 13.9. The Bertz CT molecular complexity index is 525. The van der Waals surface area contributed by atoms with E-state index in [0.717, 1.165) is 25.9 Å². The number of nitrogens with zero attached hydrogens (tertiary/aromatic N) is 1. The zero-order chi connectivity index (χ0) is 15.0. The molecule has 0 aromatic heterocycles. The van der Waals surface area contributed by atoms with Crippen molar-refractivity contribution in [1.29, 1.82) is 0 Å². The number of piperidine rings is 1. The zero-order valence-electron chi connectivity index (χ0n) is 12.1. The summed E-state index contributed by atoms with van der Waals surface area (Å²) in [6, 6.07) is 5.01. The lowest BCUT2D eigenvalue weighted by molar-refractivity contribution is -0.133. The number of benzene rings is 1. The van der Waals surface area contributed by atoms with Gasteiger partial charge in [0.1, 0.15) is 5.82 Å². The van der Waals surface area contributed by atoms with E-state index >= 15 is 0 Å². The van der Waals surface area contributed by atoms with Crippen LogP contribution in [-0.4, -0.2) is 37.0 Å². The summed E-state index contributed by atoms with van der Waals surface area (Å²) < 4.78 is 13.9. The predicted octanol–water partition coefficient (Wildman–Crippen LogP) is 2.79. The number of nitrogens with one attached hydrogen (secondary N) is 1. The molecule has 3 rings (SSSR count). The van der Waals surface area contributed by atoms with Crippen molar-refractivity contribution in [3.63, 3.8) is 0 Å². The summed E-state index contributed by atoms with van der Waals surface area (Å²) in [5.74, 6) is -0.340. The van der Waals surface area contributed by atoms with E-state index in [1.807, 2.05) is 11.9 Å². The maximum atomic E-state index is 13.9. The molecule has 0 unspecified atom stereocenters. The minimum atomic E-state index is -0.299. The molecule has 5 heteroatoms. The first kappa shape index (κ1) is 14.8. The molecule has 3 nitrogen and oxygen atoms in total. The summed E-state index contributed by atoms with van der Waals surface area (Å²) in [4.78, 5) is 14.4. The van der Waals surface area contributed by atoms with Crippen LogP contribution < -0.4 is 5.32 Å². The summed E-state index contributed by atoms with van der Waals surface area (Å²) >= 11 is 6.09. The highest BCUT2D eigenvalue weighted by molar-refractivity contribution is 6.31. The quantitative estimate of drug-likeness (QED) is 0.931. The number of carbonyl (C=O) groups excluding carboxylic acids is 1. The van der Waals surface area contributed by atoms with E-state index in [1.165, 1.54) is 6.07 Å². The monoisotopic (exact) mass is 310 g/mol. The van der Waals surface area contributed by atoms with Gasteiger partial charge in [-0.3, -0.25) is 4.79 Å². The van der Waals surface area contributed by atoms with Crippen molar-refractivity contribution in [2.45, 2.75) is 31.2 Å². The Labute approximate surface area is 129 Å². The number of hydrogen-bond acceptors (Lipinski definition) is 2. The van der Waals surface area contributed by atoms with Crippen LogP contribution in [-0.2, 0) is 4.79 Å². The summed E-state index contributed by atoms with van der Waals surface area (Å²) in [6.07, 6.45) is 2.68. The second kappa shape index (κ2) is 5.93. The Morgan fingerprint density at radius 3 is 2.76 bits per heavy atom. The van der Waals surface area contributed by atoms with Crippen LogP contribution in [0.2, 0.25) is 5.02 Å². The van der Waals surface area contributed by atoms with Gasteiger partial charge in [-0.05, 0) is 44.5 Å². The van der Waals surface area contributed by atoms with Gasteiger partial charge in [0.15, 0.2) is 0 Å². The molecule has 114 valence electrons. The SMILES string of the molecule is CN(C(=O)[C@H]1C[C@@H]1c1c(F)cccc1Cl)C1CCNCC1.